The zero-order valence-electron chi connectivity index (χ0n) is 14.5. The molecule has 4 rings (SSSR count). The molecule has 2 aromatic rings. The Morgan fingerprint density at radius 1 is 1.31 bits per heavy atom. The van der Waals surface area contributed by atoms with Crippen molar-refractivity contribution in [1.29, 1.82) is 0 Å². The third kappa shape index (κ3) is 2.84. The van der Waals surface area contributed by atoms with Gasteiger partial charge < -0.3 is 10.6 Å². The first-order chi connectivity index (χ1) is 12.5. The summed E-state index contributed by atoms with van der Waals surface area (Å²) in [7, 11) is 0. The Morgan fingerprint density at radius 2 is 2.08 bits per heavy atom. The fraction of sp³-hybridized carbons (Fsp3) is 0.444. The van der Waals surface area contributed by atoms with Gasteiger partial charge in [0.2, 0.25) is 5.91 Å². The monoisotopic (exact) mass is 372 g/mol. The van der Waals surface area contributed by atoms with Crippen LogP contribution in [-0.4, -0.2) is 39.8 Å². The van der Waals surface area contributed by atoms with Crippen molar-refractivity contribution in [1.82, 2.24) is 15.2 Å². The van der Waals surface area contributed by atoms with Gasteiger partial charge in [-0.05, 0) is 31.4 Å². The predicted octanol–water partition coefficient (Wildman–Crippen LogP) is 2.80. The molecule has 0 unspecified atom stereocenters. The maximum absolute atomic E-state index is 12.7. The Labute approximate surface area is 154 Å². The average Bonchev–Trinajstić information content (AvgIpc) is 3.11. The minimum Gasteiger partial charge on any atom is -0.323 e. The highest BCUT2D eigenvalue weighted by molar-refractivity contribution is 7.22. The third-order valence-electron chi connectivity index (χ3n) is 5.12. The normalized spacial score (nSPS) is 19.2. The number of benzene rings is 1. The van der Waals surface area contributed by atoms with Crippen molar-refractivity contribution in [2.75, 3.05) is 11.9 Å². The summed E-state index contributed by atoms with van der Waals surface area (Å²) in [5.74, 6) is -0.699. The van der Waals surface area contributed by atoms with Crippen molar-refractivity contribution >= 4 is 44.5 Å². The zero-order chi connectivity index (χ0) is 18.3. The molecule has 8 heteroatoms. The average molecular weight is 372 g/mol. The molecular formula is C18H20N4O3S. The van der Waals surface area contributed by atoms with Gasteiger partial charge in [0.1, 0.15) is 12.1 Å². The molecular weight excluding hydrogens is 352 g/mol. The first-order valence-corrected chi connectivity index (χ1v) is 9.60. The molecule has 4 amide bonds. The first kappa shape index (κ1) is 17.0. The quantitative estimate of drug-likeness (QED) is 0.811. The molecule has 2 aliphatic rings. The van der Waals surface area contributed by atoms with Crippen molar-refractivity contribution in [2.24, 2.45) is 0 Å². The van der Waals surface area contributed by atoms with E-state index in [-0.39, 0.29) is 12.5 Å². The Morgan fingerprint density at radius 3 is 2.81 bits per heavy atom. The molecule has 1 aromatic carbocycles. The number of carbonyl (C=O) groups is 3. The van der Waals surface area contributed by atoms with Gasteiger partial charge in [-0.1, -0.05) is 42.7 Å². The molecule has 0 radical (unpaired) electrons. The van der Waals surface area contributed by atoms with Crippen LogP contribution in [0.4, 0.5) is 9.93 Å². The van der Waals surface area contributed by atoms with E-state index in [1.54, 1.807) is 0 Å². The molecule has 1 saturated carbocycles. The van der Waals surface area contributed by atoms with Crippen molar-refractivity contribution in [2.45, 2.75) is 44.6 Å². The molecule has 7 nitrogen and oxygen atoms in total. The number of aryl methyl sites for hydroxylation is 1. The number of hydrogen-bond acceptors (Lipinski definition) is 5. The lowest BCUT2D eigenvalue weighted by molar-refractivity contribution is -0.134. The molecule has 1 aliphatic carbocycles. The van der Waals surface area contributed by atoms with Crippen molar-refractivity contribution in [3.63, 3.8) is 0 Å². The number of anilines is 1. The lowest BCUT2D eigenvalue weighted by Crippen LogP contribution is -2.48. The van der Waals surface area contributed by atoms with Crippen LogP contribution in [0.15, 0.2) is 18.2 Å². The fourth-order valence-corrected chi connectivity index (χ4v) is 4.72. The van der Waals surface area contributed by atoms with Crippen LogP contribution in [0.25, 0.3) is 10.2 Å². The second-order valence-corrected chi connectivity index (χ2v) is 7.98. The van der Waals surface area contributed by atoms with Gasteiger partial charge in [0, 0.05) is 0 Å². The van der Waals surface area contributed by atoms with E-state index in [0.717, 1.165) is 39.9 Å². The number of urea groups is 1. The molecule has 0 atom stereocenters. The minimum atomic E-state index is -0.803. The van der Waals surface area contributed by atoms with Crippen molar-refractivity contribution in [3.8, 4) is 0 Å². The van der Waals surface area contributed by atoms with E-state index >= 15 is 0 Å². The van der Waals surface area contributed by atoms with Gasteiger partial charge >= 0.3 is 6.03 Å². The summed E-state index contributed by atoms with van der Waals surface area (Å²) in [6.45, 7) is 1.67. The molecule has 26 heavy (non-hydrogen) atoms. The van der Waals surface area contributed by atoms with E-state index in [2.05, 4.69) is 15.6 Å². The van der Waals surface area contributed by atoms with Gasteiger partial charge in [-0.15, -0.1) is 0 Å². The molecule has 1 aliphatic heterocycles. The number of hydrogen-bond donors (Lipinski definition) is 2. The van der Waals surface area contributed by atoms with Crippen molar-refractivity contribution in [3.05, 3.63) is 23.8 Å². The predicted molar refractivity (Wildman–Crippen MR) is 99.0 cm³/mol. The smallest absolute Gasteiger partial charge is 0.323 e. The summed E-state index contributed by atoms with van der Waals surface area (Å²) in [6.07, 6.45) is 4.19. The molecule has 1 spiro atoms. The third-order valence-corrected chi connectivity index (χ3v) is 6.06. The van der Waals surface area contributed by atoms with Gasteiger partial charge in [-0.25, -0.2) is 9.78 Å². The molecule has 136 valence electrons. The molecule has 0 bridgehead atoms. The second kappa shape index (κ2) is 6.35. The SMILES string of the molecule is Cc1cccc2sc(NC(=O)CN3C(=O)NC4(CCCCC4)C3=O)nc12. The molecule has 1 saturated heterocycles. The Bertz CT molecular complexity index is 901. The number of nitrogens with one attached hydrogen (secondary N) is 2. The summed E-state index contributed by atoms with van der Waals surface area (Å²) in [6, 6.07) is 5.37. The first-order valence-electron chi connectivity index (χ1n) is 8.79. The number of nitrogens with zero attached hydrogens (tertiary/aromatic N) is 2. The van der Waals surface area contributed by atoms with E-state index in [4.69, 9.17) is 0 Å². The van der Waals surface area contributed by atoms with E-state index in [0.29, 0.717) is 18.0 Å². The Hall–Kier alpha value is -2.48. The van der Waals surface area contributed by atoms with E-state index < -0.39 is 17.5 Å². The summed E-state index contributed by atoms with van der Waals surface area (Å²) in [5, 5.41) is 6.00. The van der Waals surface area contributed by atoms with Gasteiger partial charge in [-0.2, -0.15) is 0 Å². The number of thiazole rings is 1. The highest BCUT2D eigenvalue weighted by atomic mass is 32.1. The zero-order valence-corrected chi connectivity index (χ0v) is 15.3. The summed E-state index contributed by atoms with van der Waals surface area (Å²) in [5.41, 5.74) is 1.08. The Kier molecular flexibility index (Phi) is 4.14. The maximum atomic E-state index is 12.7. The van der Waals surface area contributed by atoms with Crippen LogP contribution >= 0.6 is 11.3 Å². The van der Waals surface area contributed by atoms with E-state index in [1.807, 2.05) is 25.1 Å². The van der Waals surface area contributed by atoms with Gasteiger partial charge in [0.25, 0.3) is 5.91 Å². The number of amides is 4. The van der Waals surface area contributed by atoms with Crippen LogP contribution in [-0.2, 0) is 9.59 Å². The highest BCUT2D eigenvalue weighted by Crippen LogP contribution is 2.33. The van der Waals surface area contributed by atoms with Crippen LogP contribution < -0.4 is 10.6 Å². The molecule has 2 N–H and O–H groups in total. The number of rotatable bonds is 3. The largest absolute Gasteiger partial charge is 0.325 e. The summed E-state index contributed by atoms with van der Waals surface area (Å²) < 4.78 is 0.983. The van der Waals surface area contributed by atoms with Crippen molar-refractivity contribution < 1.29 is 14.4 Å². The standard InChI is InChI=1S/C18H20N4O3S/c1-11-6-5-7-12-14(11)20-16(26-12)19-13(23)10-22-15(24)18(21-17(22)25)8-3-2-4-9-18/h5-7H,2-4,8-10H2,1H3,(H,21,25)(H,19,20,23). The topological polar surface area (TPSA) is 91.4 Å². The van der Waals surface area contributed by atoms with Crippen LogP contribution in [0.2, 0.25) is 0 Å². The minimum absolute atomic E-state index is 0.280. The summed E-state index contributed by atoms with van der Waals surface area (Å²) >= 11 is 1.37. The van der Waals surface area contributed by atoms with Gasteiger partial charge in [0.05, 0.1) is 10.2 Å². The highest BCUT2D eigenvalue weighted by Gasteiger charge is 2.51. The van der Waals surface area contributed by atoms with Crippen LogP contribution in [0.3, 0.4) is 0 Å². The lowest BCUT2D eigenvalue weighted by Gasteiger charge is -2.30. The van der Waals surface area contributed by atoms with Crippen LogP contribution in [0.5, 0.6) is 0 Å². The number of carbonyl (C=O) groups excluding carboxylic acids is 3. The number of aromatic nitrogens is 1. The number of fused-ring (bicyclic) bond motifs is 1. The lowest BCUT2D eigenvalue weighted by atomic mass is 9.82. The molecule has 1 aromatic heterocycles. The van der Waals surface area contributed by atoms with Crippen LogP contribution in [0.1, 0.15) is 37.7 Å². The van der Waals surface area contributed by atoms with Crippen LogP contribution in [0, 0.1) is 6.92 Å². The second-order valence-electron chi connectivity index (χ2n) is 6.95. The van der Waals surface area contributed by atoms with Gasteiger partial charge in [-0.3, -0.25) is 14.5 Å². The Balaban J connectivity index is 1.46. The number of para-hydroxylation sites is 1. The summed E-state index contributed by atoms with van der Waals surface area (Å²) in [4.78, 5) is 42.8. The maximum Gasteiger partial charge on any atom is 0.325 e. The fourth-order valence-electron chi connectivity index (χ4n) is 3.76. The molecule has 2 heterocycles. The van der Waals surface area contributed by atoms with E-state index in [9.17, 15) is 14.4 Å². The van der Waals surface area contributed by atoms with E-state index in [1.165, 1.54) is 11.3 Å². The number of imide groups is 1. The van der Waals surface area contributed by atoms with Gasteiger partial charge in [0.15, 0.2) is 5.13 Å². The molecule has 2 fully saturated rings.